The summed E-state index contributed by atoms with van der Waals surface area (Å²) in [6.07, 6.45) is -3.15. The molecule has 2 aliphatic heterocycles. The lowest BCUT2D eigenvalue weighted by Crippen LogP contribution is -2.44. The number of benzene rings is 1. The fraction of sp³-hybridized carbons (Fsp3) is 0.650. The standard InChI is InChI=1S/C20H27F3N2O3/c1-28-10-9-25-14-15(11-18(25)26)13-24-7-5-19(27,6-8-24)16-3-2-4-17(12-16)20(21,22)23/h2-4,12,15,27H,5-11,13-14H2,1H3/t15-/m1/s1. The second-order valence-corrected chi connectivity index (χ2v) is 7.81. The third-order valence-corrected chi connectivity index (χ3v) is 5.79. The number of methoxy groups -OCH3 is 1. The van der Waals surface area contributed by atoms with E-state index in [2.05, 4.69) is 4.90 Å². The maximum atomic E-state index is 13.0. The highest BCUT2D eigenvalue weighted by atomic mass is 19.4. The Morgan fingerprint density at radius 1 is 1.29 bits per heavy atom. The Morgan fingerprint density at radius 2 is 2.00 bits per heavy atom. The molecule has 1 aromatic rings. The first-order chi connectivity index (χ1) is 13.2. The van der Waals surface area contributed by atoms with Crippen LogP contribution in [0, 0.1) is 5.92 Å². The second-order valence-electron chi connectivity index (χ2n) is 7.81. The third kappa shape index (κ3) is 4.85. The van der Waals surface area contributed by atoms with Crippen LogP contribution in [0.3, 0.4) is 0 Å². The van der Waals surface area contributed by atoms with Crippen LogP contribution in [0.2, 0.25) is 0 Å². The summed E-state index contributed by atoms with van der Waals surface area (Å²) < 4.78 is 43.9. The Bertz CT molecular complexity index is 688. The van der Waals surface area contributed by atoms with Crippen LogP contribution in [0.1, 0.15) is 30.4 Å². The van der Waals surface area contributed by atoms with E-state index in [1.165, 1.54) is 6.07 Å². The predicted molar refractivity (Wildman–Crippen MR) is 97.6 cm³/mol. The summed E-state index contributed by atoms with van der Waals surface area (Å²) in [6.45, 7) is 3.77. The largest absolute Gasteiger partial charge is 0.416 e. The number of piperidine rings is 1. The van der Waals surface area contributed by atoms with E-state index in [-0.39, 0.29) is 11.8 Å². The Kier molecular flexibility index (Phi) is 6.31. The molecule has 0 spiro atoms. The highest BCUT2D eigenvalue weighted by Gasteiger charge is 2.38. The minimum absolute atomic E-state index is 0.138. The number of rotatable bonds is 6. The quantitative estimate of drug-likeness (QED) is 0.797. The summed E-state index contributed by atoms with van der Waals surface area (Å²) in [6, 6.07) is 4.99. The summed E-state index contributed by atoms with van der Waals surface area (Å²) in [4.78, 5) is 16.1. The first kappa shape index (κ1) is 21.1. The Morgan fingerprint density at radius 3 is 2.64 bits per heavy atom. The molecule has 8 heteroatoms. The number of halogens is 3. The number of carbonyl (C=O) groups excluding carboxylic acids is 1. The van der Waals surface area contributed by atoms with Crippen LogP contribution in [-0.4, -0.2) is 67.3 Å². The zero-order valence-corrected chi connectivity index (χ0v) is 16.0. The van der Waals surface area contributed by atoms with Crippen LogP contribution in [0.25, 0.3) is 0 Å². The highest BCUT2D eigenvalue weighted by molar-refractivity contribution is 5.78. The molecule has 2 heterocycles. The molecule has 28 heavy (non-hydrogen) atoms. The Hall–Kier alpha value is -1.64. The van der Waals surface area contributed by atoms with Gasteiger partial charge in [-0.15, -0.1) is 0 Å². The van der Waals surface area contributed by atoms with Crippen molar-refractivity contribution < 1.29 is 27.8 Å². The van der Waals surface area contributed by atoms with Crippen LogP contribution in [-0.2, 0) is 21.3 Å². The van der Waals surface area contributed by atoms with Crippen molar-refractivity contribution in [2.45, 2.75) is 31.0 Å². The van der Waals surface area contributed by atoms with Crippen LogP contribution in [0.15, 0.2) is 24.3 Å². The maximum absolute atomic E-state index is 13.0. The predicted octanol–water partition coefficient (Wildman–Crippen LogP) is 2.48. The Balaban J connectivity index is 1.55. The van der Waals surface area contributed by atoms with Crippen molar-refractivity contribution in [3.8, 4) is 0 Å². The Labute approximate surface area is 163 Å². The maximum Gasteiger partial charge on any atom is 0.416 e. The molecule has 0 aromatic heterocycles. The van der Waals surface area contributed by atoms with E-state index in [9.17, 15) is 23.1 Å². The molecule has 3 rings (SSSR count). The number of alkyl halides is 3. The number of carbonyl (C=O) groups is 1. The summed E-state index contributed by atoms with van der Waals surface area (Å²) in [5.74, 6) is 0.378. The van der Waals surface area contributed by atoms with Gasteiger partial charge in [-0.25, -0.2) is 0 Å². The number of nitrogens with zero attached hydrogens (tertiary/aromatic N) is 2. The highest BCUT2D eigenvalue weighted by Crippen LogP contribution is 2.37. The molecule has 1 atom stereocenters. The molecule has 156 valence electrons. The average molecular weight is 400 g/mol. The number of likely N-dealkylation sites (tertiary alicyclic amines) is 2. The summed E-state index contributed by atoms with van der Waals surface area (Å²) >= 11 is 0. The van der Waals surface area contributed by atoms with E-state index in [1.54, 1.807) is 13.2 Å². The van der Waals surface area contributed by atoms with Gasteiger partial charge in [-0.2, -0.15) is 13.2 Å². The molecule has 1 amide bonds. The lowest BCUT2D eigenvalue weighted by molar-refractivity contribution is -0.137. The number of aliphatic hydroxyl groups is 1. The fourth-order valence-electron chi connectivity index (χ4n) is 4.14. The van der Waals surface area contributed by atoms with Crippen molar-refractivity contribution in [2.24, 2.45) is 5.92 Å². The summed E-state index contributed by atoms with van der Waals surface area (Å²) in [5, 5.41) is 10.9. The average Bonchev–Trinajstić information content (AvgIpc) is 3.00. The number of amides is 1. The van der Waals surface area contributed by atoms with Gasteiger partial charge < -0.3 is 19.6 Å². The molecule has 5 nitrogen and oxygen atoms in total. The van der Waals surface area contributed by atoms with E-state index in [4.69, 9.17) is 4.74 Å². The van der Waals surface area contributed by atoms with E-state index >= 15 is 0 Å². The van der Waals surface area contributed by atoms with Gasteiger partial charge in [0, 0.05) is 46.3 Å². The van der Waals surface area contributed by atoms with Gasteiger partial charge in [0.25, 0.3) is 0 Å². The molecule has 2 saturated heterocycles. The normalized spacial score (nSPS) is 23.4. The van der Waals surface area contributed by atoms with E-state index in [0.717, 1.165) is 18.7 Å². The minimum Gasteiger partial charge on any atom is -0.385 e. The molecule has 2 aliphatic rings. The lowest BCUT2D eigenvalue weighted by Gasteiger charge is -2.39. The van der Waals surface area contributed by atoms with Gasteiger partial charge in [-0.1, -0.05) is 12.1 Å². The summed E-state index contributed by atoms with van der Waals surface area (Å²) in [7, 11) is 1.61. The molecule has 0 unspecified atom stereocenters. The van der Waals surface area contributed by atoms with Crippen molar-refractivity contribution in [3.05, 3.63) is 35.4 Å². The van der Waals surface area contributed by atoms with Crippen LogP contribution >= 0.6 is 0 Å². The molecule has 0 saturated carbocycles. The molecule has 1 aromatic carbocycles. The molecule has 0 bridgehead atoms. The number of ether oxygens (including phenoxy) is 1. The van der Waals surface area contributed by atoms with Gasteiger partial charge in [-0.3, -0.25) is 4.79 Å². The molecule has 0 aliphatic carbocycles. The van der Waals surface area contributed by atoms with E-state index in [0.29, 0.717) is 57.6 Å². The van der Waals surface area contributed by atoms with Gasteiger partial charge >= 0.3 is 6.18 Å². The monoisotopic (exact) mass is 400 g/mol. The topological polar surface area (TPSA) is 53.0 Å². The van der Waals surface area contributed by atoms with E-state index in [1.807, 2.05) is 4.90 Å². The van der Waals surface area contributed by atoms with E-state index < -0.39 is 17.3 Å². The van der Waals surface area contributed by atoms with Crippen LogP contribution in [0.4, 0.5) is 13.2 Å². The first-order valence-corrected chi connectivity index (χ1v) is 9.60. The fourth-order valence-corrected chi connectivity index (χ4v) is 4.14. The van der Waals surface area contributed by atoms with Crippen molar-refractivity contribution in [2.75, 3.05) is 46.4 Å². The van der Waals surface area contributed by atoms with Crippen LogP contribution in [0.5, 0.6) is 0 Å². The van der Waals surface area contributed by atoms with Crippen molar-refractivity contribution in [1.29, 1.82) is 0 Å². The molecule has 0 radical (unpaired) electrons. The number of hydrogen-bond acceptors (Lipinski definition) is 4. The molecule has 2 fully saturated rings. The van der Waals surface area contributed by atoms with Crippen molar-refractivity contribution in [1.82, 2.24) is 9.80 Å². The van der Waals surface area contributed by atoms with Gasteiger partial charge in [0.15, 0.2) is 0 Å². The zero-order chi connectivity index (χ0) is 20.4. The number of hydrogen-bond donors (Lipinski definition) is 1. The third-order valence-electron chi connectivity index (χ3n) is 5.79. The van der Waals surface area contributed by atoms with Gasteiger partial charge in [0.1, 0.15) is 0 Å². The lowest BCUT2D eigenvalue weighted by atomic mass is 9.83. The molecular weight excluding hydrogens is 373 g/mol. The molecule has 1 N–H and O–H groups in total. The SMILES string of the molecule is COCCN1C[C@@H](CN2CCC(O)(c3cccc(C(F)(F)F)c3)CC2)CC1=O. The van der Waals surface area contributed by atoms with Gasteiger partial charge in [0.2, 0.25) is 5.91 Å². The first-order valence-electron chi connectivity index (χ1n) is 9.60. The molecular formula is C20H27F3N2O3. The van der Waals surface area contributed by atoms with Gasteiger partial charge in [-0.05, 0) is 36.5 Å². The van der Waals surface area contributed by atoms with Crippen molar-refractivity contribution in [3.63, 3.8) is 0 Å². The second kappa shape index (κ2) is 8.39. The van der Waals surface area contributed by atoms with Crippen LogP contribution < -0.4 is 0 Å². The summed E-state index contributed by atoms with van der Waals surface area (Å²) in [5.41, 5.74) is -1.65. The minimum atomic E-state index is -4.42. The van der Waals surface area contributed by atoms with Gasteiger partial charge in [0.05, 0.1) is 17.8 Å². The zero-order valence-electron chi connectivity index (χ0n) is 16.0. The van der Waals surface area contributed by atoms with Crippen molar-refractivity contribution >= 4 is 5.91 Å². The smallest absolute Gasteiger partial charge is 0.385 e.